The van der Waals surface area contributed by atoms with E-state index in [9.17, 15) is 0 Å². The van der Waals surface area contributed by atoms with Crippen LogP contribution in [0.15, 0.2) is 18.3 Å². The Bertz CT molecular complexity index is 556. The summed E-state index contributed by atoms with van der Waals surface area (Å²) in [5, 5.41) is 7.66. The van der Waals surface area contributed by atoms with Crippen molar-refractivity contribution in [3.8, 4) is 5.82 Å². The smallest absolute Gasteiger partial charge is 0.159 e. The number of anilines is 1. The molecule has 0 saturated heterocycles. The molecule has 5 heteroatoms. The zero-order valence-corrected chi connectivity index (χ0v) is 10.7. The number of aryl methyl sites for hydroxylation is 1. The number of aromatic nitrogens is 4. The number of hydrogen-bond acceptors (Lipinski definition) is 4. The highest BCUT2D eigenvalue weighted by Gasteiger charge is 2.27. The predicted octanol–water partition coefficient (Wildman–Crippen LogP) is 2.28. The van der Waals surface area contributed by atoms with Crippen LogP contribution in [0.4, 0.5) is 5.82 Å². The molecule has 3 rings (SSSR count). The molecule has 94 valence electrons. The SMILES string of the molecule is CCNc1cc(-n2ccc(C)n2)nc(C2CC2)n1. The molecule has 1 N–H and O–H groups in total. The molecule has 2 aromatic heterocycles. The molecule has 2 aromatic rings. The van der Waals surface area contributed by atoms with E-state index in [0.717, 1.165) is 29.7 Å². The molecule has 1 saturated carbocycles. The van der Waals surface area contributed by atoms with E-state index in [1.165, 1.54) is 12.8 Å². The first-order valence-corrected chi connectivity index (χ1v) is 6.42. The van der Waals surface area contributed by atoms with Crippen molar-refractivity contribution in [3.05, 3.63) is 29.8 Å². The van der Waals surface area contributed by atoms with Gasteiger partial charge in [-0.3, -0.25) is 0 Å². The van der Waals surface area contributed by atoms with Crippen LogP contribution in [-0.4, -0.2) is 26.3 Å². The van der Waals surface area contributed by atoms with Crippen LogP contribution < -0.4 is 5.32 Å². The topological polar surface area (TPSA) is 55.6 Å². The van der Waals surface area contributed by atoms with E-state index >= 15 is 0 Å². The summed E-state index contributed by atoms with van der Waals surface area (Å²) in [7, 11) is 0. The zero-order valence-electron chi connectivity index (χ0n) is 10.7. The first-order chi connectivity index (χ1) is 8.76. The van der Waals surface area contributed by atoms with Gasteiger partial charge in [0.1, 0.15) is 11.6 Å². The fourth-order valence-electron chi connectivity index (χ4n) is 1.91. The van der Waals surface area contributed by atoms with Crippen LogP contribution in [0, 0.1) is 6.92 Å². The van der Waals surface area contributed by atoms with Gasteiger partial charge in [-0.25, -0.2) is 14.6 Å². The van der Waals surface area contributed by atoms with Crippen LogP contribution in [0.25, 0.3) is 5.82 Å². The second-order valence-electron chi connectivity index (χ2n) is 4.68. The summed E-state index contributed by atoms with van der Waals surface area (Å²) in [6.45, 7) is 4.90. The van der Waals surface area contributed by atoms with Crippen LogP contribution in [0.1, 0.15) is 37.2 Å². The third-order valence-electron chi connectivity index (χ3n) is 2.99. The van der Waals surface area contributed by atoms with E-state index in [-0.39, 0.29) is 0 Å². The van der Waals surface area contributed by atoms with Crippen molar-refractivity contribution in [2.45, 2.75) is 32.6 Å². The number of nitrogens with one attached hydrogen (secondary N) is 1. The lowest BCUT2D eigenvalue weighted by molar-refractivity contribution is 0.801. The minimum absolute atomic E-state index is 0.541. The summed E-state index contributed by atoms with van der Waals surface area (Å²) >= 11 is 0. The van der Waals surface area contributed by atoms with Crippen molar-refractivity contribution in [1.29, 1.82) is 0 Å². The van der Waals surface area contributed by atoms with Gasteiger partial charge >= 0.3 is 0 Å². The number of nitrogens with zero attached hydrogens (tertiary/aromatic N) is 4. The Morgan fingerprint density at radius 1 is 1.39 bits per heavy atom. The van der Waals surface area contributed by atoms with E-state index in [1.807, 2.05) is 29.9 Å². The number of hydrogen-bond donors (Lipinski definition) is 1. The molecule has 1 aliphatic carbocycles. The van der Waals surface area contributed by atoms with Crippen molar-refractivity contribution in [3.63, 3.8) is 0 Å². The van der Waals surface area contributed by atoms with Crippen LogP contribution in [-0.2, 0) is 0 Å². The van der Waals surface area contributed by atoms with Gasteiger partial charge in [0.25, 0.3) is 0 Å². The Kier molecular flexibility index (Phi) is 2.74. The molecule has 0 radical (unpaired) electrons. The minimum Gasteiger partial charge on any atom is -0.370 e. The summed E-state index contributed by atoms with van der Waals surface area (Å²) in [6.07, 6.45) is 4.34. The fraction of sp³-hybridized carbons (Fsp3) is 0.462. The van der Waals surface area contributed by atoms with Gasteiger partial charge < -0.3 is 5.32 Å². The van der Waals surface area contributed by atoms with Crippen LogP contribution in [0.2, 0.25) is 0 Å². The molecule has 0 aliphatic heterocycles. The Hall–Kier alpha value is -1.91. The summed E-state index contributed by atoms with van der Waals surface area (Å²) in [5.74, 6) is 3.21. The summed E-state index contributed by atoms with van der Waals surface area (Å²) in [4.78, 5) is 9.16. The quantitative estimate of drug-likeness (QED) is 0.895. The number of rotatable bonds is 4. The molecular formula is C13H17N5. The molecule has 0 unspecified atom stereocenters. The molecule has 0 amide bonds. The van der Waals surface area contributed by atoms with Crippen molar-refractivity contribution in [2.75, 3.05) is 11.9 Å². The maximum atomic E-state index is 4.61. The predicted molar refractivity (Wildman–Crippen MR) is 70.0 cm³/mol. The third-order valence-corrected chi connectivity index (χ3v) is 2.99. The van der Waals surface area contributed by atoms with E-state index in [4.69, 9.17) is 0 Å². The standard InChI is InChI=1S/C13H17N5/c1-3-14-11-8-12(18-7-6-9(2)17-18)16-13(15-11)10-4-5-10/h6-8,10H,3-5H2,1-2H3,(H,14,15,16). The first-order valence-electron chi connectivity index (χ1n) is 6.42. The van der Waals surface area contributed by atoms with Gasteiger partial charge in [-0.2, -0.15) is 5.10 Å². The van der Waals surface area contributed by atoms with Crippen molar-refractivity contribution in [1.82, 2.24) is 19.7 Å². The van der Waals surface area contributed by atoms with Gasteiger partial charge in [-0.05, 0) is 32.8 Å². The first kappa shape index (κ1) is 11.2. The van der Waals surface area contributed by atoms with Crippen molar-refractivity contribution >= 4 is 5.82 Å². The van der Waals surface area contributed by atoms with E-state index in [0.29, 0.717) is 5.92 Å². The second kappa shape index (κ2) is 4.40. The maximum absolute atomic E-state index is 4.61. The van der Waals surface area contributed by atoms with Crippen LogP contribution in [0.3, 0.4) is 0 Å². The molecule has 2 heterocycles. The average molecular weight is 243 g/mol. The normalized spacial score (nSPS) is 14.8. The molecule has 1 fully saturated rings. The Morgan fingerprint density at radius 2 is 2.22 bits per heavy atom. The van der Waals surface area contributed by atoms with Gasteiger partial charge in [-0.15, -0.1) is 0 Å². The maximum Gasteiger partial charge on any atom is 0.159 e. The Balaban J connectivity index is 2.01. The second-order valence-corrected chi connectivity index (χ2v) is 4.68. The largest absolute Gasteiger partial charge is 0.370 e. The van der Waals surface area contributed by atoms with Crippen molar-refractivity contribution < 1.29 is 0 Å². The van der Waals surface area contributed by atoms with Gasteiger partial charge in [0, 0.05) is 24.7 Å². The van der Waals surface area contributed by atoms with Crippen molar-refractivity contribution in [2.24, 2.45) is 0 Å². The van der Waals surface area contributed by atoms with E-state index in [1.54, 1.807) is 0 Å². The summed E-state index contributed by atoms with van der Waals surface area (Å²) in [6, 6.07) is 3.92. The van der Waals surface area contributed by atoms with E-state index in [2.05, 4.69) is 27.3 Å². The highest BCUT2D eigenvalue weighted by Crippen LogP contribution is 2.38. The van der Waals surface area contributed by atoms with Gasteiger partial charge in [-0.1, -0.05) is 0 Å². The minimum atomic E-state index is 0.541. The molecular weight excluding hydrogens is 226 g/mol. The van der Waals surface area contributed by atoms with Crippen LogP contribution in [0.5, 0.6) is 0 Å². The van der Waals surface area contributed by atoms with Crippen LogP contribution >= 0.6 is 0 Å². The zero-order chi connectivity index (χ0) is 12.5. The lowest BCUT2D eigenvalue weighted by Crippen LogP contribution is -2.07. The Labute approximate surface area is 106 Å². The monoisotopic (exact) mass is 243 g/mol. The molecule has 0 spiro atoms. The molecule has 0 aromatic carbocycles. The van der Waals surface area contributed by atoms with Gasteiger partial charge in [0.05, 0.1) is 5.69 Å². The molecule has 18 heavy (non-hydrogen) atoms. The van der Waals surface area contributed by atoms with Gasteiger partial charge in [0.2, 0.25) is 0 Å². The molecule has 1 aliphatic rings. The molecule has 0 bridgehead atoms. The summed E-state index contributed by atoms with van der Waals surface area (Å²) in [5.41, 5.74) is 0.992. The average Bonchev–Trinajstić information content (AvgIpc) is 3.12. The summed E-state index contributed by atoms with van der Waals surface area (Å²) < 4.78 is 1.81. The fourth-order valence-corrected chi connectivity index (χ4v) is 1.91. The third kappa shape index (κ3) is 2.20. The highest BCUT2D eigenvalue weighted by molar-refractivity contribution is 5.42. The Morgan fingerprint density at radius 3 is 2.83 bits per heavy atom. The van der Waals surface area contributed by atoms with E-state index < -0.39 is 0 Å². The molecule has 0 atom stereocenters. The highest BCUT2D eigenvalue weighted by atomic mass is 15.3. The lowest BCUT2D eigenvalue weighted by Gasteiger charge is -2.08. The lowest BCUT2D eigenvalue weighted by atomic mass is 10.3. The molecule has 5 nitrogen and oxygen atoms in total. The van der Waals surface area contributed by atoms with Gasteiger partial charge in [0.15, 0.2) is 5.82 Å².